The average Bonchev–Trinajstić information content (AvgIpc) is 3.29. The summed E-state index contributed by atoms with van der Waals surface area (Å²) in [5.74, 6) is -0.520. The van der Waals surface area contributed by atoms with Crippen LogP contribution in [0.1, 0.15) is 71.1 Å². The molecule has 2 bridgehead atoms. The zero-order valence-electron chi connectivity index (χ0n) is 24.8. The number of nitrogens with one attached hydrogen (secondary N) is 2. The molecule has 1 heterocycles. The minimum atomic E-state index is -1.65. The first-order valence-corrected chi connectivity index (χ1v) is 16.0. The number of hydrogen-bond donors (Lipinski definition) is 6. The highest BCUT2D eigenvalue weighted by molar-refractivity contribution is 5.90. The van der Waals surface area contributed by atoms with Crippen LogP contribution in [0.5, 0.6) is 0 Å². The van der Waals surface area contributed by atoms with E-state index in [0.717, 1.165) is 75.1 Å². The smallest absolute Gasteiger partial charge is 0.293 e. The molecule has 41 heavy (non-hydrogen) atoms. The molecule has 0 amide bonds. The van der Waals surface area contributed by atoms with Gasteiger partial charge in [-0.1, -0.05) is 12.5 Å². The van der Waals surface area contributed by atoms with E-state index < -0.39 is 23.1 Å². The van der Waals surface area contributed by atoms with Crippen LogP contribution in [0.2, 0.25) is 0 Å². The summed E-state index contributed by atoms with van der Waals surface area (Å²) in [5.41, 5.74) is 4.95. The van der Waals surface area contributed by atoms with Gasteiger partial charge in [0, 0.05) is 54.3 Å². The lowest BCUT2D eigenvalue weighted by Crippen LogP contribution is -3.19. The number of nitrogens with two attached hydrogens (primary N) is 1. The lowest BCUT2D eigenvalue weighted by atomic mass is 9.34. The average molecular weight is 575 g/mol. The second-order valence-electron chi connectivity index (χ2n) is 14.2. The Hall–Kier alpha value is -1.56. The molecule has 230 valence electrons. The van der Waals surface area contributed by atoms with Crippen molar-refractivity contribution < 1.29 is 34.9 Å². The number of ether oxygens (including phenoxy) is 1. The number of aliphatic hydroxyl groups excluding tert-OH is 2. The molecule has 4 saturated carbocycles. The first-order valence-electron chi connectivity index (χ1n) is 16.0. The summed E-state index contributed by atoms with van der Waals surface area (Å²) < 4.78 is 6.34. The molecule has 6 rings (SSSR count). The maximum atomic E-state index is 13.1. The number of hydrogen-bond acceptors (Lipinski definition) is 8. The summed E-state index contributed by atoms with van der Waals surface area (Å²) >= 11 is 0. The van der Waals surface area contributed by atoms with Gasteiger partial charge in [0.15, 0.2) is 0 Å². The van der Waals surface area contributed by atoms with Crippen molar-refractivity contribution in [3.8, 4) is 0 Å². The lowest BCUT2D eigenvalue weighted by molar-refractivity contribution is -0.832. The van der Waals surface area contributed by atoms with Crippen LogP contribution in [0.4, 0.5) is 0 Å². The summed E-state index contributed by atoms with van der Waals surface area (Å²) in [7, 11) is 1.73. The van der Waals surface area contributed by atoms with Crippen LogP contribution in [0.25, 0.3) is 0 Å². The zero-order valence-corrected chi connectivity index (χ0v) is 24.8. The number of aliphatic carboxylic acids is 1. The zero-order chi connectivity index (χ0) is 29.2. The minimum Gasteiger partial charge on any atom is -0.545 e. The number of carboxylic acids is 1. The van der Waals surface area contributed by atoms with Crippen molar-refractivity contribution in [1.82, 2.24) is 5.32 Å². The van der Waals surface area contributed by atoms with Crippen LogP contribution in [0.3, 0.4) is 0 Å². The Morgan fingerprint density at radius 1 is 1.24 bits per heavy atom. The van der Waals surface area contributed by atoms with Crippen LogP contribution < -0.4 is 21.1 Å². The number of guanidine groups is 1. The first kappa shape index (κ1) is 29.5. The predicted molar refractivity (Wildman–Crippen MR) is 151 cm³/mol. The van der Waals surface area contributed by atoms with Gasteiger partial charge in [0.1, 0.15) is 5.60 Å². The van der Waals surface area contributed by atoms with Crippen molar-refractivity contribution >= 4 is 11.9 Å². The highest BCUT2D eigenvalue weighted by atomic mass is 16.5. The number of quaternary nitrogens is 1. The van der Waals surface area contributed by atoms with E-state index in [2.05, 4.69) is 17.2 Å². The van der Waals surface area contributed by atoms with E-state index in [-0.39, 0.29) is 53.5 Å². The number of carbonyl (C=O) groups is 1. The van der Waals surface area contributed by atoms with Crippen LogP contribution in [0.15, 0.2) is 16.1 Å². The molecule has 7 N–H and O–H groups in total. The topological polar surface area (TPSA) is 165 Å². The summed E-state index contributed by atoms with van der Waals surface area (Å²) in [6.07, 6.45) is 7.49. The molecule has 5 aliphatic carbocycles. The van der Waals surface area contributed by atoms with Crippen molar-refractivity contribution in [3.05, 3.63) is 11.1 Å². The molecular formula is C31H50N4O6. The molecule has 1 saturated heterocycles. The van der Waals surface area contributed by atoms with E-state index >= 15 is 0 Å². The van der Waals surface area contributed by atoms with E-state index in [0.29, 0.717) is 31.8 Å². The van der Waals surface area contributed by atoms with E-state index in [1.165, 1.54) is 0 Å². The maximum absolute atomic E-state index is 13.1. The van der Waals surface area contributed by atoms with Gasteiger partial charge in [0.05, 0.1) is 44.5 Å². The summed E-state index contributed by atoms with van der Waals surface area (Å²) in [4.78, 5) is 18.6. The highest BCUT2D eigenvalue weighted by Crippen LogP contribution is 2.83. The van der Waals surface area contributed by atoms with Crippen molar-refractivity contribution in [3.63, 3.8) is 0 Å². The van der Waals surface area contributed by atoms with E-state index in [1.807, 2.05) is 0 Å². The highest BCUT2D eigenvalue weighted by Gasteiger charge is 2.83. The fraction of sp³-hybridized carbons (Fsp3) is 0.871. The van der Waals surface area contributed by atoms with Gasteiger partial charge in [0.2, 0.25) is 0 Å². The molecule has 0 aromatic carbocycles. The van der Waals surface area contributed by atoms with Crippen molar-refractivity contribution in [2.45, 2.75) is 88.9 Å². The number of aliphatic imine (C=N–C) groups is 1. The fourth-order valence-electron chi connectivity index (χ4n) is 11.7. The number of allylic oxidation sites excluding steroid dienone is 1. The second kappa shape index (κ2) is 10.6. The van der Waals surface area contributed by atoms with Gasteiger partial charge in [-0.05, 0) is 69.6 Å². The van der Waals surface area contributed by atoms with E-state index in [9.17, 15) is 25.2 Å². The Bertz CT molecular complexity index is 1110. The predicted octanol–water partition coefficient (Wildman–Crippen LogP) is -1.27. The molecule has 5 fully saturated rings. The molecule has 0 radical (unpaired) electrons. The number of carboxylic acid groups (broad SMARTS) is 1. The lowest BCUT2D eigenvalue weighted by Gasteiger charge is -2.70. The number of piperidine rings is 1. The van der Waals surface area contributed by atoms with Crippen LogP contribution in [-0.4, -0.2) is 91.5 Å². The molecule has 1 unspecified atom stereocenters. The Kier molecular flexibility index (Phi) is 7.60. The third-order valence-corrected chi connectivity index (χ3v) is 12.9. The van der Waals surface area contributed by atoms with E-state index in [4.69, 9.17) is 10.5 Å². The number of rotatable bonds is 8. The van der Waals surface area contributed by atoms with Gasteiger partial charge in [0.25, 0.3) is 5.96 Å². The van der Waals surface area contributed by atoms with Gasteiger partial charge in [-0.25, -0.2) is 4.99 Å². The fourth-order valence-corrected chi connectivity index (χ4v) is 11.7. The van der Waals surface area contributed by atoms with Crippen molar-refractivity contribution in [1.29, 1.82) is 0 Å². The molecule has 6 aliphatic rings. The van der Waals surface area contributed by atoms with E-state index in [1.54, 1.807) is 7.05 Å². The molecule has 0 aromatic heterocycles. The number of likely N-dealkylation sites (tertiary alicyclic amines) is 1. The van der Waals surface area contributed by atoms with Crippen LogP contribution >= 0.6 is 0 Å². The summed E-state index contributed by atoms with van der Waals surface area (Å²) in [6, 6.07) is 0. The molecule has 10 atom stereocenters. The Morgan fingerprint density at radius 2 is 2.05 bits per heavy atom. The van der Waals surface area contributed by atoms with Crippen LogP contribution in [0, 0.1) is 34.0 Å². The third-order valence-electron chi connectivity index (χ3n) is 12.9. The van der Waals surface area contributed by atoms with Gasteiger partial charge in [-0.3, -0.25) is 4.90 Å². The van der Waals surface area contributed by atoms with Gasteiger partial charge < -0.3 is 41.0 Å². The van der Waals surface area contributed by atoms with Crippen molar-refractivity contribution in [2.24, 2.45) is 44.7 Å². The second-order valence-corrected chi connectivity index (χ2v) is 14.2. The minimum absolute atomic E-state index is 0.0659. The largest absolute Gasteiger partial charge is 0.545 e. The monoisotopic (exact) mass is 574 g/mol. The number of aliphatic hydroxyl groups is 3. The van der Waals surface area contributed by atoms with Crippen molar-refractivity contribution in [2.75, 3.05) is 46.4 Å². The summed E-state index contributed by atoms with van der Waals surface area (Å²) in [6.45, 7) is 5.15. The standard InChI is InChI=1S/C31H50N4O6/c1-19-6-7-20-14-23-25(26(38)39)29(40,18-41-22-5-3-4-21(37)15-22)24-8-9-28(16-34-11-13-36)10-12-35(27(32)33-2)17-30(20,28)31(19,23)24/h19-22,24,34,36-37,40H,3-18H2,1-2H3,(H2,32,33)(H,38,39)/t19-,20-,21+,22+,24-,28+,29-,30-,31+/m1/s1. The van der Waals surface area contributed by atoms with Gasteiger partial charge >= 0.3 is 0 Å². The molecule has 1 aliphatic heterocycles. The molecule has 10 heteroatoms. The third kappa shape index (κ3) is 3.90. The normalized spacial score (nSPS) is 47.3. The Morgan fingerprint density at radius 3 is 2.76 bits per heavy atom. The SMILES string of the molecule is CN=C(N)[NH+]1CC[C@]2(CNCCO)CC[C@H]3[C@@]45C(=C(C(=O)[O-])[C@@]3(O)CO[C@H]3CCC[C@H](O)C3)C[C@@H](CC[C@H]4C)[C@]25C1. The summed E-state index contributed by atoms with van der Waals surface area (Å²) in [5, 5.41) is 49.2. The quantitative estimate of drug-likeness (QED) is 0.119. The Balaban J connectivity index is 1.50. The number of nitrogens with zero attached hydrogens (tertiary/aromatic N) is 1. The van der Waals surface area contributed by atoms with Gasteiger partial charge in [-0.15, -0.1) is 0 Å². The molecular weight excluding hydrogens is 524 g/mol. The molecule has 0 aromatic rings. The van der Waals surface area contributed by atoms with Gasteiger partial charge in [-0.2, -0.15) is 0 Å². The molecule has 10 nitrogen and oxygen atoms in total. The Labute approximate surface area is 243 Å². The molecule has 2 spiro atoms. The van der Waals surface area contributed by atoms with Crippen LogP contribution in [-0.2, 0) is 9.53 Å². The maximum Gasteiger partial charge on any atom is 0.293 e. The number of carbonyl (C=O) groups excluding carboxylic acids is 1. The first-order chi connectivity index (χ1) is 19.6.